The smallest absolute Gasteiger partial charge is 0.0175 e. The molecule has 1 N–H and O–H groups in total. The summed E-state index contributed by atoms with van der Waals surface area (Å²) >= 11 is 3.49. The fraction of sp³-hybridized carbons (Fsp3) is 0.625. The summed E-state index contributed by atoms with van der Waals surface area (Å²) in [6, 6.07) is 8.79. The lowest BCUT2D eigenvalue weighted by Crippen LogP contribution is -2.44. The Morgan fingerprint density at radius 2 is 1.72 bits per heavy atom. The van der Waals surface area contributed by atoms with Gasteiger partial charge in [0.15, 0.2) is 0 Å². The molecule has 1 nitrogen and oxygen atoms in total. The van der Waals surface area contributed by atoms with Crippen molar-refractivity contribution in [1.29, 1.82) is 0 Å². The summed E-state index contributed by atoms with van der Waals surface area (Å²) in [6.45, 7) is 7.91. The van der Waals surface area contributed by atoms with Crippen molar-refractivity contribution in [2.75, 3.05) is 6.54 Å². The van der Waals surface area contributed by atoms with Crippen LogP contribution in [-0.2, 0) is 6.42 Å². The van der Waals surface area contributed by atoms with Gasteiger partial charge in [0.25, 0.3) is 0 Å². The van der Waals surface area contributed by atoms with E-state index in [-0.39, 0.29) is 5.54 Å². The molecule has 1 fully saturated rings. The van der Waals surface area contributed by atoms with Crippen LogP contribution in [0, 0.1) is 11.8 Å². The summed E-state index contributed by atoms with van der Waals surface area (Å²) in [5.74, 6) is 1.74. The summed E-state index contributed by atoms with van der Waals surface area (Å²) in [6.07, 6.45) is 4.03. The predicted molar refractivity (Wildman–Crippen MR) is 81.8 cm³/mol. The lowest BCUT2D eigenvalue weighted by atomic mass is 9.70. The summed E-state index contributed by atoms with van der Waals surface area (Å²) in [4.78, 5) is 0. The van der Waals surface area contributed by atoms with Gasteiger partial charge >= 0.3 is 0 Å². The zero-order valence-electron chi connectivity index (χ0n) is 11.7. The van der Waals surface area contributed by atoms with Gasteiger partial charge in [0, 0.05) is 10.0 Å². The fourth-order valence-electron chi connectivity index (χ4n) is 2.54. The first kappa shape index (κ1) is 14.1. The van der Waals surface area contributed by atoms with Gasteiger partial charge in [-0.25, -0.2) is 0 Å². The second kappa shape index (κ2) is 5.75. The topological polar surface area (TPSA) is 12.0 Å². The van der Waals surface area contributed by atoms with Crippen LogP contribution in [0.25, 0.3) is 0 Å². The Balaban J connectivity index is 1.82. The van der Waals surface area contributed by atoms with Crippen molar-refractivity contribution in [3.8, 4) is 0 Å². The number of benzene rings is 1. The van der Waals surface area contributed by atoms with Gasteiger partial charge in [-0.05, 0) is 76.1 Å². The Morgan fingerprint density at radius 3 is 2.22 bits per heavy atom. The first-order valence-electron chi connectivity index (χ1n) is 6.93. The van der Waals surface area contributed by atoms with E-state index in [4.69, 9.17) is 0 Å². The van der Waals surface area contributed by atoms with Crippen LogP contribution < -0.4 is 5.32 Å². The molecule has 1 aliphatic carbocycles. The van der Waals surface area contributed by atoms with Crippen LogP contribution in [0.1, 0.15) is 39.2 Å². The average molecular weight is 310 g/mol. The second-order valence-corrected chi connectivity index (χ2v) is 7.47. The molecule has 1 aliphatic rings. The maximum atomic E-state index is 3.64. The molecule has 2 atom stereocenters. The number of hydrogen-bond donors (Lipinski definition) is 1. The Hall–Kier alpha value is -0.340. The Labute approximate surface area is 119 Å². The van der Waals surface area contributed by atoms with Crippen LogP contribution >= 0.6 is 15.9 Å². The number of nitrogens with one attached hydrogen (secondary N) is 1. The van der Waals surface area contributed by atoms with Gasteiger partial charge in [0.2, 0.25) is 0 Å². The fourth-order valence-corrected chi connectivity index (χ4v) is 2.80. The van der Waals surface area contributed by atoms with Crippen molar-refractivity contribution >= 4 is 15.9 Å². The first-order valence-corrected chi connectivity index (χ1v) is 7.73. The molecule has 0 heterocycles. The molecule has 1 aromatic rings. The number of hydrogen-bond acceptors (Lipinski definition) is 1. The van der Waals surface area contributed by atoms with Gasteiger partial charge in [-0.3, -0.25) is 0 Å². The van der Waals surface area contributed by atoms with Crippen molar-refractivity contribution in [2.45, 2.75) is 45.6 Å². The highest BCUT2D eigenvalue weighted by Crippen LogP contribution is 2.36. The maximum Gasteiger partial charge on any atom is 0.0175 e. The zero-order valence-corrected chi connectivity index (χ0v) is 13.3. The van der Waals surface area contributed by atoms with Gasteiger partial charge in [-0.2, -0.15) is 0 Å². The molecule has 1 aromatic carbocycles. The third-order valence-electron chi connectivity index (χ3n) is 3.88. The lowest BCUT2D eigenvalue weighted by Gasteiger charge is -2.39. The normalized spacial score (nSPS) is 23.8. The van der Waals surface area contributed by atoms with E-state index in [9.17, 15) is 0 Å². The van der Waals surface area contributed by atoms with E-state index in [0.717, 1.165) is 11.8 Å². The van der Waals surface area contributed by atoms with E-state index in [1.54, 1.807) is 0 Å². The number of rotatable bonds is 4. The highest BCUT2D eigenvalue weighted by molar-refractivity contribution is 9.10. The zero-order chi connectivity index (χ0) is 13.2. The van der Waals surface area contributed by atoms with Crippen LogP contribution in [0.15, 0.2) is 28.7 Å². The molecule has 0 bridgehead atoms. The van der Waals surface area contributed by atoms with Crippen LogP contribution in [0.4, 0.5) is 0 Å². The van der Waals surface area contributed by atoms with E-state index in [1.165, 1.54) is 35.8 Å². The third kappa shape index (κ3) is 4.10. The Bertz CT molecular complexity index is 377. The molecule has 0 aliphatic heterocycles. The molecule has 18 heavy (non-hydrogen) atoms. The van der Waals surface area contributed by atoms with Crippen molar-refractivity contribution in [1.82, 2.24) is 5.32 Å². The maximum absolute atomic E-state index is 3.64. The molecule has 0 spiro atoms. The molecular formula is C16H24BrN. The Morgan fingerprint density at radius 1 is 1.11 bits per heavy atom. The van der Waals surface area contributed by atoms with Crippen molar-refractivity contribution in [3.05, 3.63) is 34.3 Å². The van der Waals surface area contributed by atoms with E-state index in [1.807, 2.05) is 0 Å². The van der Waals surface area contributed by atoms with Crippen molar-refractivity contribution in [2.24, 2.45) is 11.8 Å². The van der Waals surface area contributed by atoms with Crippen molar-refractivity contribution in [3.63, 3.8) is 0 Å². The standard InChI is InChI=1S/C16H24BrN/c1-16(2,3)18-11-14-7-6-13(14)10-12-4-8-15(17)9-5-12/h4-5,8-9,13-14,18H,6-7,10-11H2,1-3H3. The first-order chi connectivity index (χ1) is 8.44. The summed E-state index contributed by atoms with van der Waals surface area (Å²) in [7, 11) is 0. The number of halogens is 1. The lowest BCUT2D eigenvalue weighted by molar-refractivity contribution is 0.159. The molecule has 2 rings (SSSR count). The summed E-state index contributed by atoms with van der Waals surface area (Å²) in [5.41, 5.74) is 1.72. The predicted octanol–water partition coefficient (Wildman–Crippen LogP) is 4.41. The second-order valence-electron chi connectivity index (χ2n) is 6.56. The van der Waals surface area contributed by atoms with E-state index in [2.05, 4.69) is 66.3 Å². The minimum absolute atomic E-state index is 0.248. The van der Waals surface area contributed by atoms with Gasteiger partial charge in [-0.1, -0.05) is 28.1 Å². The van der Waals surface area contributed by atoms with Crippen LogP contribution in [0.3, 0.4) is 0 Å². The summed E-state index contributed by atoms with van der Waals surface area (Å²) in [5, 5.41) is 3.64. The molecule has 100 valence electrons. The van der Waals surface area contributed by atoms with E-state index >= 15 is 0 Å². The Kier molecular flexibility index (Phi) is 4.50. The van der Waals surface area contributed by atoms with Crippen LogP contribution in [0.2, 0.25) is 0 Å². The minimum atomic E-state index is 0.248. The van der Waals surface area contributed by atoms with E-state index in [0.29, 0.717) is 0 Å². The molecule has 2 heteroatoms. The van der Waals surface area contributed by atoms with Crippen molar-refractivity contribution < 1.29 is 0 Å². The van der Waals surface area contributed by atoms with Crippen LogP contribution in [-0.4, -0.2) is 12.1 Å². The largest absolute Gasteiger partial charge is 0.312 e. The van der Waals surface area contributed by atoms with E-state index < -0.39 is 0 Å². The molecule has 0 saturated heterocycles. The summed E-state index contributed by atoms with van der Waals surface area (Å²) < 4.78 is 1.17. The minimum Gasteiger partial charge on any atom is -0.312 e. The molecule has 0 aromatic heterocycles. The monoisotopic (exact) mass is 309 g/mol. The quantitative estimate of drug-likeness (QED) is 0.869. The molecular weight excluding hydrogens is 286 g/mol. The highest BCUT2D eigenvalue weighted by Gasteiger charge is 2.31. The van der Waals surface area contributed by atoms with Gasteiger partial charge in [0.05, 0.1) is 0 Å². The molecule has 0 amide bonds. The van der Waals surface area contributed by atoms with Gasteiger partial charge < -0.3 is 5.32 Å². The third-order valence-corrected chi connectivity index (χ3v) is 4.41. The molecule has 1 saturated carbocycles. The molecule has 0 radical (unpaired) electrons. The molecule has 2 unspecified atom stereocenters. The SMILES string of the molecule is CC(C)(C)NCC1CCC1Cc1ccc(Br)cc1. The highest BCUT2D eigenvalue weighted by atomic mass is 79.9. The van der Waals surface area contributed by atoms with Gasteiger partial charge in [0.1, 0.15) is 0 Å². The average Bonchev–Trinajstić information content (AvgIpc) is 2.25. The van der Waals surface area contributed by atoms with Gasteiger partial charge in [-0.15, -0.1) is 0 Å². The van der Waals surface area contributed by atoms with Crippen LogP contribution in [0.5, 0.6) is 0 Å².